The molecule has 1 heterocycles. The molecule has 0 spiro atoms. The molecule has 0 saturated heterocycles. The first kappa shape index (κ1) is 16.9. The molecule has 1 saturated carbocycles. The third kappa shape index (κ3) is 3.94. The minimum atomic E-state index is -0.354. The average Bonchev–Trinajstić information content (AvgIpc) is 3.12. The molecule has 24 heavy (non-hydrogen) atoms. The quantitative estimate of drug-likeness (QED) is 0.767. The van der Waals surface area contributed by atoms with Crippen LogP contribution in [-0.4, -0.2) is 37.4 Å². The lowest BCUT2D eigenvalue weighted by molar-refractivity contribution is -0.0152. The highest BCUT2D eigenvalue weighted by Gasteiger charge is 2.26. The molecule has 1 aliphatic carbocycles. The summed E-state index contributed by atoms with van der Waals surface area (Å²) >= 11 is 1.43. The van der Waals surface area contributed by atoms with Gasteiger partial charge in [-0.25, -0.2) is 9.78 Å². The first-order valence-electron chi connectivity index (χ1n) is 8.03. The van der Waals surface area contributed by atoms with Crippen LogP contribution >= 0.6 is 11.3 Å². The number of rotatable bonds is 5. The Labute approximate surface area is 145 Å². The van der Waals surface area contributed by atoms with Gasteiger partial charge in [-0.05, 0) is 43.5 Å². The summed E-state index contributed by atoms with van der Waals surface area (Å²) < 4.78 is 16.1. The maximum absolute atomic E-state index is 12.3. The van der Waals surface area contributed by atoms with E-state index >= 15 is 0 Å². The van der Waals surface area contributed by atoms with Crippen LogP contribution in [0.5, 0.6) is 5.75 Å². The van der Waals surface area contributed by atoms with Crippen molar-refractivity contribution in [3.8, 4) is 16.3 Å². The van der Waals surface area contributed by atoms with Crippen LogP contribution in [-0.2, 0) is 9.47 Å². The van der Waals surface area contributed by atoms with Crippen LogP contribution in [0.25, 0.3) is 10.6 Å². The third-order valence-electron chi connectivity index (χ3n) is 4.24. The van der Waals surface area contributed by atoms with Crippen LogP contribution in [0.15, 0.2) is 29.6 Å². The molecule has 2 aromatic rings. The van der Waals surface area contributed by atoms with Crippen LogP contribution in [0.3, 0.4) is 0 Å². The molecule has 0 bridgehead atoms. The SMILES string of the molecule is COc1ccc(-c2nc(C(=O)OC3CCCC(OC)C3)cs2)cc1. The van der Waals surface area contributed by atoms with Gasteiger partial charge in [-0.15, -0.1) is 11.3 Å². The highest BCUT2D eigenvalue weighted by Crippen LogP contribution is 2.27. The molecule has 0 N–H and O–H groups in total. The fourth-order valence-corrected chi connectivity index (χ4v) is 3.66. The zero-order chi connectivity index (χ0) is 16.9. The number of carbonyl (C=O) groups excluding carboxylic acids is 1. The van der Waals surface area contributed by atoms with Gasteiger partial charge in [-0.2, -0.15) is 0 Å². The summed E-state index contributed by atoms with van der Waals surface area (Å²) in [5, 5.41) is 2.54. The van der Waals surface area contributed by atoms with E-state index in [1.165, 1.54) is 11.3 Å². The second kappa shape index (κ2) is 7.77. The lowest BCUT2D eigenvalue weighted by Crippen LogP contribution is -2.29. The molecule has 2 atom stereocenters. The smallest absolute Gasteiger partial charge is 0.358 e. The van der Waals surface area contributed by atoms with Crippen LogP contribution in [0.4, 0.5) is 0 Å². The van der Waals surface area contributed by atoms with E-state index in [1.54, 1.807) is 19.6 Å². The van der Waals surface area contributed by atoms with Gasteiger partial charge in [0.15, 0.2) is 5.69 Å². The molecule has 6 heteroatoms. The summed E-state index contributed by atoms with van der Waals surface area (Å²) in [6.45, 7) is 0. The summed E-state index contributed by atoms with van der Waals surface area (Å²) in [5.74, 6) is 0.438. The Kier molecular flexibility index (Phi) is 5.48. The van der Waals surface area contributed by atoms with Gasteiger partial charge in [0.1, 0.15) is 16.9 Å². The molecule has 1 aromatic heterocycles. The summed E-state index contributed by atoms with van der Waals surface area (Å²) in [7, 11) is 3.34. The molecule has 128 valence electrons. The number of methoxy groups -OCH3 is 2. The molecule has 1 fully saturated rings. The van der Waals surface area contributed by atoms with E-state index < -0.39 is 0 Å². The zero-order valence-corrected chi connectivity index (χ0v) is 14.7. The average molecular weight is 347 g/mol. The van der Waals surface area contributed by atoms with E-state index in [0.29, 0.717) is 5.69 Å². The number of aromatic nitrogens is 1. The van der Waals surface area contributed by atoms with Crippen LogP contribution in [0.2, 0.25) is 0 Å². The number of thiazole rings is 1. The summed E-state index contributed by atoms with van der Waals surface area (Å²) in [4.78, 5) is 16.7. The predicted molar refractivity (Wildman–Crippen MR) is 92.6 cm³/mol. The standard InChI is InChI=1S/C18H21NO4S/c1-21-13-8-6-12(7-9-13)17-19-16(11-24-17)18(20)23-15-5-3-4-14(10-15)22-2/h6-9,11,14-15H,3-5,10H2,1-2H3. The summed E-state index contributed by atoms with van der Waals surface area (Å²) in [5.41, 5.74) is 1.32. The number of hydrogen-bond donors (Lipinski definition) is 0. The minimum absolute atomic E-state index is 0.0812. The van der Waals surface area contributed by atoms with Gasteiger partial charge in [0, 0.05) is 24.5 Å². The molecular weight excluding hydrogens is 326 g/mol. The molecule has 1 aliphatic rings. The number of hydrogen-bond acceptors (Lipinski definition) is 6. The van der Waals surface area contributed by atoms with Gasteiger partial charge in [0.05, 0.1) is 13.2 Å². The van der Waals surface area contributed by atoms with Crippen molar-refractivity contribution in [3.63, 3.8) is 0 Å². The topological polar surface area (TPSA) is 57.7 Å². The molecule has 5 nitrogen and oxygen atoms in total. The highest BCUT2D eigenvalue weighted by atomic mass is 32.1. The van der Waals surface area contributed by atoms with Gasteiger partial charge in [-0.3, -0.25) is 0 Å². The van der Waals surface area contributed by atoms with Crippen molar-refractivity contribution >= 4 is 17.3 Å². The van der Waals surface area contributed by atoms with Crippen LogP contribution < -0.4 is 4.74 Å². The van der Waals surface area contributed by atoms with E-state index in [1.807, 2.05) is 24.3 Å². The van der Waals surface area contributed by atoms with Crippen molar-refractivity contribution in [1.82, 2.24) is 4.98 Å². The molecule has 0 amide bonds. The number of nitrogens with zero attached hydrogens (tertiary/aromatic N) is 1. The number of ether oxygens (including phenoxy) is 3. The highest BCUT2D eigenvalue weighted by molar-refractivity contribution is 7.13. The van der Waals surface area contributed by atoms with Gasteiger partial charge in [0.25, 0.3) is 0 Å². The van der Waals surface area contributed by atoms with Crippen LogP contribution in [0.1, 0.15) is 36.2 Å². The normalized spacial score (nSPS) is 20.6. The maximum atomic E-state index is 12.3. The maximum Gasteiger partial charge on any atom is 0.358 e. The second-order valence-electron chi connectivity index (χ2n) is 5.82. The largest absolute Gasteiger partial charge is 0.497 e. The molecule has 0 aliphatic heterocycles. The molecule has 1 aromatic carbocycles. The Morgan fingerprint density at radius 1 is 1.17 bits per heavy atom. The fraction of sp³-hybridized carbons (Fsp3) is 0.444. The summed E-state index contributed by atoms with van der Waals surface area (Å²) in [6.07, 6.45) is 3.80. The van der Waals surface area contributed by atoms with Gasteiger partial charge in [0.2, 0.25) is 0 Å². The van der Waals surface area contributed by atoms with Crippen molar-refractivity contribution in [2.75, 3.05) is 14.2 Å². The van der Waals surface area contributed by atoms with Crippen molar-refractivity contribution in [2.24, 2.45) is 0 Å². The Bertz CT molecular complexity index is 683. The van der Waals surface area contributed by atoms with Gasteiger partial charge >= 0.3 is 5.97 Å². The van der Waals surface area contributed by atoms with Crippen molar-refractivity contribution in [2.45, 2.75) is 37.9 Å². The number of esters is 1. The predicted octanol–water partition coefficient (Wildman–Crippen LogP) is 3.93. The minimum Gasteiger partial charge on any atom is -0.497 e. The van der Waals surface area contributed by atoms with Crippen LogP contribution in [0, 0.1) is 0 Å². The molecule has 0 radical (unpaired) electrons. The third-order valence-corrected chi connectivity index (χ3v) is 5.13. The Hall–Kier alpha value is -1.92. The second-order valence-corrected chi connectivity index (χ2v) is 6.68. The van der Waals surface area contributed by atoms with Crippen molar-refractivity contribution in [3.05, 3.63) is 35.3 Å². The monoisotopic (exact) mass is 347 g/mol. The first-order valence-corrected chi connectivity index (χ1v) is 8.91. The Morgan fingerprint density at radius 3 is 2.62 bits per heavy atom. The summed E-state index contributed by atoms with van der Waals surface area (Å²) in [6, 6.07) is 7.61. The van der Waals surface area contributed by atoms with E-state index in [2.05, 4.69) is 4.98 Å². The molecule has 3 rings (SSSR count). The Balaban J connectivity index is 1.64. The van der Waals surface area contributed by atoms with Crippen molar-refractivity contribution in [1.29, 1.82) is 0 Å². The first-order chi connectivity index (χ1) is 11.7. The Morgan fingerprint density at radius 2 is 1.92 bits per heavy atom. The van der Waals surface area contributed by atoms with E-state index in [4.69, 9.17) is 14.2 Å². The van der Waals surface area contributed by atoms with E-state index in [0.717, 1.165) is 42.0 Å². The van der Waals surface area contributed by atoms with E-state index in [9.17, 15) is 4.79 Å². The molecule has 2 unspecified atom stereocenters. The fourth-order valence-electron chi connectivity index (χ4n) is 2.87. The lowest BCUT2D eigenvalue weighted by atomic mass is 9.95. The zero-order valence-electron chi connectivity index (χ0n) is 13.9. The van der Waals surface area contributed by atoms with Gasteiger partial charge < -0.3 is 14.2 Å². The lowest BCUT2D eigenvalue weighted by Gasteiger charge is -2.27. The van der Waals surface area contributed by atoms with E-state index in [-0.39, 0.29) is 18.2 Å². The number of benzene rings is 1. The number of carbonyl (C=O) groups is 1. The molecular formula is C18H21NO4S. The van der Waals surface area contributed by atoms with Crippen molar-refractivity contribution < 1.29 is 19.0 Å². The van der Waals surface area contributed by atoms with Gasteiger partial charge in [-0.1, -0.05) is 0 Å².